The molecule has 0 unspecified atom stereocenters. The summed E-state index contributed by atoms with van der Waals surface area (Å²) in [5.74, 6) is 1.03. The molecule has 0 bridgehead atoms. The fourth-order valence-electron chi connectivity index (χ4n) is 4.04. The number of amides is 2. The van der Waals surface area contributed by atoms with E-state index in [9.17, 15) is 9.59 Å². The van der Waals surface area contributed by atoms with Crippen molar-refractivity contribution in [2.24, 2.45) is 5.73 Å². The number of carbonyl (C=O) groups is 2. The second-order valence-corrected chi connectivity index (χ2v) is 9.23. The summed E-state index contributed by atoms with van der Waals surface area (Å²) in [6, 6.07) is 9.31. The summed E-state index contributed by atoms with van der Waals surface area (Å²) in [6.45, 7) is 6.47. The fourth-order valence-corrected chi connectivity index (χ4v) is 4.04. The number of rotatable bonds is 5. The van der Waals surface area contributed by atoms with Crippen molar-refractivity contribution in [1.29, 1.82) is 0 Å². The summed E-state index contributed by atoms with van der Waals surface area (Å²) in [5, 5.41) is 6.96. The van der Waals surface area contributed by atoms with Crippen molar-refractivity contribution in [3.05, 3.63) is 52.9 Å². The highest BCUT2D eigenvalue weighted by Crippen LogP contribution is 2.40. The van der Waals surface area contributed by atoms with Gasteiger partial charge in [0.1, 0.15) is 5.76 Å². The molecule has 2 fully saturated rings. The molecular formula is C23H30N4O3. The van der Waals surface area contributed by atoms with Crippen molar-refractivity contribution in [3.8, 4) is 0 Å². The van der Waals surface area contributed by atoms with Gasteiger partial charge in [-0.3, -0.25) is 9.59 Å². The largest absolute Gasteiger partial charge is 0.360 e. The van der Waals surface area contributed by atoms with Crippen molar-refractivity contribution in [2.45, 2.75) is 70.0 Å². The van der Waals surface area contributed by atoms with E-state index >= 15 is 0 Å². The highest BCUT2D eigenvalue weighted by Gasteiger charge is 2.32. The Balaban J connectivity index is 1.36. The molecule has 2 amide bonds. The van der Waals surface area contributed by atoms with E-state index in [1.54, 1.807) is 6.07 Å². The molecule has 3 N–H and O–H groups in total. The second-order valence-electron chi connectivity index (χ2n) is 9.23. The number of nitrogens with two attached hydrogens (primary N) is 1. The maximum absolute atomic E-state index is 13.1. The molecule has 1 saturated carbocycles. The van der Waals surface area contributed by atoms with Gasteiger partial charge in [-0.05, 0) is 64.2 Å². The molecule has 2 atom stereocenters. The van der Waals surface area contributed by atoms with E-state index in [1.165, 1.54) is 0 Å². The van der Waals surface area contributed by atoms with Crippen LogP contribution in [0, 0.1) is 0 Å². The van der Waals surface area contributed by atoms with E-state index in [0.717, 1.165) is 24.2 Å². The maximum Gasteiger partial charge on any atom is 0.273 e. The first kappa shape index (κ1) is 20.6. The van der Waals surface area contributed by atoms with Crippen LogP contribution in [0.25, 0.3) is 0 Å². The molecule has 1 aromatic carbocycles. The molecule has 160 valence electrons. The van der Waals surface area contributed by atoms with Gasteiger partial charge < -0.3 is 20.5 Å². The lowest BCUT2D eigenvalue weighted by Crippen LogP contribution is -2.51. The summed E-state index contributed by atoms with van der Waals surface area (Å²) in [4.78, 5) is 27.5. The SMILES string of the molecule is C[C@H]1C[C@@H](NC(=O)c2cc(C3CC3)on2)CCN1C(=O)c1cccc(C(C)(C)N)c1. The van der Waals surface area contributed by atoms with Gasteiger partial charge >= 0.3 is 0 Å². The van der Waals surface area contributed by atoms with Crippen LogP contribution in [0.15, 0.2) is 34.9 Å². The number of nitrogens with one attached hydrogen (secondary N) is 1. The predicted octanol–water partition coefficient (Wildman–Crippen LogP) is 3.17. The number of piperidine rings is 1. The Hall–Kier alpha value is -2.67. The van der Waals surface area contributed by atoms with Crippen LogP contribution in [0.4, 0.5) is 0 Å². The van der Waals surface area contributed by atoms with Gasteiger partial charge in [0.15, 0.2) is 5.69 Å². The lowest BCUT2D eigenvalue weighted by molar-refractivity contribution is 0.0595. The van der Waals surface area contributed by atoms with Gasteiger partial charge in [0.05, 0.1) is 0 Å². The van der Waals surface area contributed by atoms with E-state index in [0.29, 0.717) is 36.6 Å². The molecule has 2 aromatic rings. The third kappa shape index (κ3) is 4.41. The van der Waals surface area contributed by atoms with E-state index in [-0.39, 0.29) is 23.9 Å². The van der Waals surface area contributed by atoms with E-state index in [4.69, 9.17) is 10.3 Å². The van der Waals surface area contributed by atoms with Crippen molar-refractivity contribution >= 4 is 11.8 Å². The Kier molecular flexibility index (Phi) is 5.40. The first-order valence-electron chi connectivity index (χ1n) is 10.7. The molecule has 1 aromatic heterocycles. The number of aromatic nitrogens is 1. The number of hydrogen-bond donors (Lipinski definition) is 2. The molecule has 7 nitrogen and oxygen atoms in total. The summed E-state index contributed by atoms with van der Waals surface area (Å²) in [6.07, 6.45) is 3.61. The van der Waals surface area contributed by atoms with E-state index < -0.39 is 5.54 Å². The Morgan fingerprint density at radius 3 is 2.67 bits per heavy atom. The summed E-state index contributed by atoms with van der Waals surface area (Å²) >= 11 is 0. The zero-order valence-corrected chi connectivity index (χ0v) is 17.9. The molecule has 2 aliphatic rings. The van der Waals surface area contributed by atoms with Gasteiger partial charge in [-0.25, -0.2) is 0 Å². The third-order valence-electron chi connectivity index (χ3n) is 6.07. The molecule has 1 aliphatic heterocycles. The van der Waals surface area contributed by atoms with Gasteiger partial charge in [0, 0.05) is 41.7 Å². The van der Waals surface area contributed by atoms with Gasteiger partial charge in [0.2, 0.25) is 0 Å². The first-order valence-corrected chi connectivity index (χ1v) is 10.7. The van der Waals surface area contributed by atoms with Crippen molar-refractivity contribution < 1.29 is 14.1 Å². The number of benzene rings is 1. The maximum atomic E-state index is 13.1. The molecule has 30 heavy (non-hydrogen) atoms. The summed E-state index contributed by atoms with van der Waals surface area (Å²) in [7, 11) is 0. The van der Waals surface area contributed by atoms with Crippen LogP contribution in [0.2, 0.25) is 0 Å². The lowest BCUT2D eigenvalue weighted by Gasteiger charge is -2.38. The van der Waals surface area contributed by atoms with Crippen LogP contribution in [0.1, 0.15) is 84.5 Å². The van der Waals surface area contributed by atoms with Crippen LogP contribution in [-0.4, -0.2) is 40.5 Å². The fraction of sp³-hybridized carbons (Fsp3) is 0.522. The van der Waals surface area contributed by atoms with Crippen LogP contribution < -0.4 is 11.1 Å². The highest BCUT2D eigenvalue weighted by atomic mass is 16.5. The monoisotopic (exact) mass is 410 g/mol. The Bertz CT molecular complexity index is 942. The van der Waals surface area contributed by atoms with Gasteiger partial charge in [-0.2, -0.15) is 0 Å². The van der Waals surface area contributed by atoms with Crippen LogP contribution >= 0.6 is 0 Å². The zero-order valence-electron chi connectivity index (χ0n) is 17.9. The minimum absolute atomic E-state index is 0.00366. The summed E-state index contributed by atoms with van der Waals surface area (Å²) in [5.41, 5.74) is 7.61. The average Bonchev–Trinajstić information content (AvgIpc) is 3.43. The van der Waals surface area contributed by atoms with Crippen molar-refractivity contribution in [1.82, 2.24) is 15.4 Å². The number of nitrogens with zero attached hydrogens (tertiary/aromatic N) is 2. The smallest absolute Gasteiger partial charge is 0.273 e. The molecular weight excluding hydrogens is 380 g/mol. The zero-order chi connectivity index (χ0) is 21.5. The van der Waals surface area contributed by atoms with E-state index in [1.807, 2.05) is 49.9 Å². The minimum Gasteiger partial charge on any atom is -0.360 e. The number of hydrogen-bond acceptors (Lipinski definition) is 5. The molecule has 4 rings (SSSR count). The van der Waals surface area contributed by atoms with Crippen LogP contribution in [0.3, 0.4) is 0 Å². The molecule has 2 heterocycles. The van der Waals surface area contributed by atoms with Gasteiger partial charge in [0.25, 0.3) is 11.8 Å². The topological polar surface area (TPSA) is 101 Å². The van der Waals surface area contributed by atoms with E-state index in [2.05, 4.69) is 10.5 Å². The minimum atomic E-state index is -0.500. The highest BCUT2D eigenvalue weighted by molar-refractivity contribution is 5.95. The summed E-state index contributed by atoms with van der Waals surface area (Å²) < 4.78 is 5.28. The number of carbonyl (C=O) groups excluding carboxylic acids is 2. The average molecular weight is 411 g/mol. The lowest BCUT2D eigenvalue weighted by atomic mass is 9.93. The first-order chi connectivity index (χ1) is 14.2. The van der Waals surface area contributed by atoms with Crippen molar-refractivity contribution in [3.63, 3.8) is 0 Å². The second kappa shape index (κ2) is 7.87. The van der Waals surface area contributed by atoms with Crippen molar-refractivity contribution in [2.75, 3.05) is 6.54 Å². The normalized spacial score (nSPS) is 22.1. The molecule has 1 saturated heterocycles. The van der Waals surface area contributed by atoms with Gasteiger partial charge in [-0.1, -0.05) is 17.3 Å². The Morgan fingerprint density at radius 2 is 2.00 bits per heavy atom. The van der Waals surface area contributed by atoms with Gasteiger partial charge in [-0.15, -0.1) is 0 Å². The molecule has 7 heteroatoms. The van der Waals surface area contributed by atoms with Crippen LogP contribution in [-0.2, 0) is 5.54 Å². The quantitative estimate of drug-likeness (QED) is 0.788. The molecule has 0 spiro atoms. The Morgan fingerprint density at radius 1 is 1.23 bits per heavy atom. The van der Waals surface area contributed by atoms with Crippen LogP contribution in [0.5, 0.6) is 0 Å². The molecule has 0 radical (unpaired) electrons. The third-order valence-corrected chi connectivity index (χ3v) is 6.07. The Labute approximate surface area is 177 Å². The number of likely N-dealkylation sites (tertiary alicyclic amines) is 1. The predicted molar refractivity (Wildman–Crippen MR) is 113 cm³/mol. The molecule has 1 aliphatic carbocycles. The standard InChI is InChI=1S/C23H30N4O3/c1-14-11-18(25-21(28)19-13-20(30-26-19)15-7-8-15)9-10-27(14)22(29)16-5-4-6-17(12-16)23(2,3)24/h4-6,12-15,18H,7-11,24H2,1-3H3,(H,25,28)/t14-,18-/m0/s1.